The van der Waals surface area contributed by atoms with Gasteiger partial charge in [-0.25, -0.2) is 0 Å². The molecule has 0 aliphatic rings. The lowest BCUT2D eigenvalue weighted by molar-refractivity contribution is -0.134. The van der Waals surface area contributed by atoms with Crippen molar-refractivity contribution in [3.05, 3.63) is 35.9 Å². The summed E-state index contributed by atoms with van der Waals surface area (Å²) < 4.78 is 0. The number of benzene rings is 1. The second kappa shape index (κ2) is 6.86. The predicted octanol–water partition coefficient (Wildman–Crippen LogP) is 1.91. The molecule has 0 aliphatic heterocycles. The van der Waals surface area contributed by atoms with Gasteiger partial charge in [0.25, 0.3) is 0 Å². The lowest BCUT2D eigenvalue weighted by Crippen LogP contribution is -2.49. The summed E-state index contributed by atoms with van der Waals surface area (Å²) in [6, 6.07) is 10.0. The summed E-state index contributed by atoms with van der Waals surface area (Å²) in [5.41, 5.74) is 0.722. The van der Waals surface area contributed by atoms with Crippen molar-refractivity contribution in [3.8, 4) is 0 Å². The van der Waals surface area contributed by atoms with E-state index in [1.165, 1.54) is 0 Å². The molecule has 1 aromatic carbocycles. The molecule has 1 atom stereocenters. The van der Waals surface area contributed by atoms with E-state index in [1.807, 2.05) is 70.1 Å². The van der Waals surface area contributed by atoms with Crippen molar-refractivity contribution in [2.24, 2.45) is 0 Å². The fraction of sp³-hybridized carbons (Fsp3) is 0.562. The van der Waals surface area contributed by atoms with E-state index >= 15 is 0 Å². The van der Waals surface area contributed by atoms with Gasteiger partial charge in [-0.3, -0.25) is 9.69 Å². The smallest absolute Gasteiger partial charge is 0.237 e. The number of aliphatic hydroxyl groups is 1. The van der Waals surface area contributed by atoms with E-state index in [1.54, 1.807) is 4.90 Å². The predicted molar refractivity (Wildman–Crippen MR) is 81.4 cm³/mol. The van der Waals surface area contributed by atoms with Crippen LogP contribution < -0.4 is 0 Å². The quantitative estimate of drug-likeness (QED) is 0.864. The van der Waals surface area contributed by atoms with Crippen LogP contribution in [0.1, 0.15) is 32.4 Å². The second-order valence-electron chi connectivity index (χ2n) is 5.92. The number of likely N-dealkylation sites (N-methyl/N-ethyl adjacent to an activating group) is 2. The van der Waals surface area contributed by atoms with Gasteiger partial charge in [-0.2, -0.15) is 0 Å². The van der Waals surface area contributed by atoms with E-state index in [0.717, 1.165) is 5.56 Å². The molecule has 4 heteroatoms. The molecule has 1 rings (SSSR count). The first-order valence-corrected chi connectivity index (χ1v) is 6.92. The van der Waals surface area contributed by atoms with Gasteiger partial charge < -0.3 is 10.0 Å². The summed E-state index contributed by atoms with van der Waals surface area (Å²) in [6.45, 7) is 6.17. The van der Waals surface area contributed by atoms with Crippen LogP contribution in [0.4, 0.5) is 0 Å². The fourth-order valence-electron chi connectivity index (χ4n) is 1.82. The standard InChI is InChI=1S/C16H26N2O2/c1-13(14-9-7-6-8-10-14)18(5)15(20)11-17(4)16(2,3)12-19/h6-10,13,19H,11-12H2,1-5H3. The van der Waals surface area contributed by atoms with Crippen molar-refractivity contribution in [2.75, 3.05) is 27.2 Å². The molecular weight excluding hydrogens is 252 g/mol. The Morgan fingerprint density at radius 2 is 1.80 bits per heavy atom. The maximum Gasteiger partial charge on any atom is 0.237 e. The summed E-state index contributed by atoms with van der Waals surface area (Å²) in [7, 11) is 3.68. The van der Waals surface area contributed by atoms with Gasteiger partial charge in [0.2, 0.25) is 5.91 Å². The molecule has 1 N–H and O–H groups in total. The van der Waals surface area contributed by atoms with E-state index in [-0.39, 0.29) is 18.6 Å². The summed E-state index contributed by atoms with van der Waals surface area (Å²) in [6.07, 6.45) is 0. The van der Waals surface area contributed by atoms with Crippen LogP contribution in [0.3, 0.4) is 0 Å². The minimum absolute atomic E-state index is 0.0226. The Morgan fingerprint density at radius 1 is 1.25 bits per heavy atom. The maximum atomic E-state index is 12.3. The highest BCUT2D eigenvalue weighted by atomic mass is 16.3. The molecule has 0 aliphatic carbocycles. The minimum atomic E-state index is -0.396. The van der Waals surface area contributed by atoms with E-state index in [4.69, 9.17) is 0 Å². The van der Waals surface area contributed by atoms with E-state index < -0.39 is 5.54 Å². The molecule has 112 valence electrons. The molecule has 20 heavy (non-hydrogen) atoms. The van der Waals surface area contributed by atoms with Gasteiger partial charge in [0.1, 0.15) is 0 Å². The normalized spacial score (nSPS) is 13.3. The summed E-state index contributed by atoms with van der Waals surface area (Å²) in [5.74, 6) is 0.0466. The zero-order valence-electron chi connectivity index (χ0n) is 13.1. The van der Waals surface area contributed by atoms with Gasteiger partial charge in [-0.05, 0) is 33.4 Å². The maximum absolute atomic E-state index is 12.3. The molecule has 4 nitrogen and oxygen atoms in total. The number of aliphatic hydroxyl groups excluding tert-OH is 1. The van der Waals surface area contributed by atoms with Crippen molar-refractivity contribution >= 4 is 5.91 Å². The first kappa shape index (κ1) is 16.7. The van der Waals surface area contributed by atoms with Crippen LogP contribution in [0.5, 0.6) is 0 Å². The minimum Gasteiger partial charge on any atom is -0.394 e. The topological polar surface area (TPSA) is 43.8 Å². The molecule has 0 heterocycles. The Kier molecular flexibility index (Phi) is 5.72. The van der Waals surface area contributed by atoms with Gasteiger partial charge >= 0.3 is 0 Å². The first-order chi connectivity index (χ1) is 9.29. The highest BCUT2D eigenvalue weighted by Gasteiger charge is 2.26. The number of hydrogen-bond acceptors (Lipinski definition) is 3. The van der Waals surface area contributed by atoms with Crippen molar-refractivity contribution in [1.29, 1.82) is 0 Å². The molecule has 0 aromatic heterocycles. The number of nitrogens with zero attached hydrogens (tertiary/aromatic N) is 2. The lowest BCUT2D eigenvalue weighted by atomic mass is 10.0. The van der Waals surface area contributed by atoms with Crippen LogP contribution in [-0.4, -0.2) is 53.6 Å². The second-order valence-corrected chi connectivity index (χ2v) is 5.92. The van der Waals surface area contributed by atoms with Crippen molar-refractivity contribution in [1.82, 2.24) is 9.80 Å². The van der Waals surface area contributed by atoms with Gasteiger partial charge in [0.15, 0.2) is 0 Å². The molecule has 0 fully saturated rings. The fourth-order valence-corrected chi connectivity index (χ4v) is 1.82. The SMILES string of the molecule is CC(c1ccccc1)N(C)C(=O)CN(C)C(C)(C)CO. The van der Waals surface area contributed by atoms with Crippen LogP contribution in [0, 0.1) is 0 Å². The Labute approximate surface area is 122 Å². The molecule has 0 saturated carbocycles. The van der Waals surface area contributed by atoms with Crippen LogP contribution in [0.2, 0.25) is 0 Å². The van der Waals surface area contributed by atoms with Crippen LogP contribution in [0.15, 0.2) is 30.3 Å². The number of carbonyl (C=O) groups is 1. The molecule has 1 aromatic rings. The molecule has 0 saturated heterocycles. The lowest BCUT2D eigenvalue weighted by Gasteiger charge is -2.35. The Hall–Kier alpha value is -1.39. The first-order valence-electron chi connectivity index (χ1n) is 6.92. The third-order valence-corrected chi connectivity index (χ3v) is 4.05. The number of carbonyl (C=O) groups excluding carboxylic acids is 1. The average molecular weight is 278 g/mol. The molecular formula is C16H26N2O2. The molecule has 1 unspecified atom stereocenters. The van der Waals surface area contributed by atoms with Gasteiger partial charge in [0.05, 0.1) is 19.2 Å². The van der Waals surface area contributed by atoms with Crippen molar-refractivity contribution < 1.29 is 9.90 Å². The third kappa shape index (κ3) is 4.05. The number of rotatable bonds is 6. The van der Waals surface area contributed by atoms with Crippen molar-refractivity contribution in [3.63, 3.8) is 0 Å². The Bertz CT molecular complexity index is 431. The zero-order valence-corrected chi connectivity index (χ0v) is 13.1. The largest absolute Gasteiger partial charge is 0.394 e. The molecule has 0 spiro atoms. The monoisotopic (exact) mass is 278 g/mol. The van der Waals surface area contributed by atoms with Crippen LogP contribution in [0.25, 0.3) is 0 Å². The summed E-state index contributed by atoms with van der Waals surface area (Å²) in [5, 5.41) is 9.34. The Morgan fingerprint density at radius 3 is 2.30 bits per heavy atom. The van der Waals surface area contributed by atoms with E-state index in [2.05, 4.69) is 0 Å². The van der Waals surface area contributed by atoms with Crippen LogP contribution in [-0.2, 0) is 4.79 Å². The van der Waals surface area contributed by atoms with Gasteiger partial charge in [-0.15, -0.1) is 0 Å². The number of hydrogen-bond donors (Lipinski definition) is 1. The van der Waals surface area contributed by atoms with Gasteiger partial charge in [-0.1, -0.05) is 30.3 Å². The highest BCUT2D eigenvalue weighted by Crippen LogP contribution is 2.19. The van der Waals surface area contributed by atoms with Crippen molar-refractivity contribution in [2.45, 2.75) is 32.4 Å². The third-order valence-electron chi connectivity index (χ3n) is 4.05. The summed E-state index contributed by atoms with van der Waals surface area (Å²) >= 11 is 0. The zero-order chi connectivity index (χ0) is 15.3. The number of amides is 1. The average Bonchev–Trinajstić information content (AvgIpc) is 2.46. The summed E-state index contributed by atoms with van der Waals surface area (Å²) in [4.78, 5) is 16.0. The highest BCUT2D eigenvalue weighted by molar-refractivity contribution is 5.78. The Balaban J connectivity index is 2.68. The van der Waals surface area contributed by atoms with E-state index in [0.29, 0.717) is 6.54 Å². The molecule has 0 radical (unpaired) electrons. The van der Waals surface area contributed by atoms with Crippen LogP contribution >= 0.6 is 0 Å². The van der Waals surface area contributed by atoms with Gasteiger partial charge in [0, 0.05) is 12.6 Å². The molecule has 1 amide bonds. The van der Waals surface area contributed by atoms with E-state index in [9.17, 15) is 9.90 Å². The molecule has 0 bridgehead atoms.